The first kappa shape index (κ1) is 10.4. The van der Waals surface area contributed by atoms with E-state index in [1.807, 2.05) is 0 Å². The largest absolute Gasteiger partial charge is 0.334 e. The van der Waals surface area contributed by atoms with Gasteiger partial charge in [0, 0.05) is 0 Å². The van der Waals surface area contributed by atoms with Gasteiger partial charge in [-0.25, -0.2) is 4.98 Å². The Morgan fingerprint density at radius 1 is 1.53 bits per heavy atom. The van der Waals surface area contributed by atoms with Gasteiger partial charge in [-0.15, -0.1) is 0 Å². The molecular weight excluding hydrogens is 260 g/mol. The second-order valence-electron chi connectivity index (χ2n) is 3.27. The van der Waals surface area contributed by atoms with E-state index in [9.17, 15) is 4.79 Å². The van der Waals surface area contributed by atoms with Crippen LogP contribution < -0.4 is 11.3 Å². The molecule has 2 heterocycles. The van der Waals surface area contributed by atoms with Gasteiger partial charge in [-0.3, -0.25) is 4.79 Å². The average Bonchev–Trinajstić information content (AvgIpc) is 2.53. The second-order valence-corrected chi connectivity index (χ2v) is 4.06. The molecule has 0 fully saturated rings. The van der Waals surface area contributed by atoms with Gasteiger partial charge in [0.1, 0.15) is 5.65 Å². The van der Waals surface area contributed by atoms with Gasteiger partial charge in [0.25, 0.3) is 5.56 Å². The van der Waals surface area contributed by atoms with Crippen molar-refractivity contribution in [2.24, 2.45) is 5.73 Å². The fourth-order valence-electron chi connectivity index (χ4n) is 1.58. The van der Waals surface area contributed by atoms with E-state index in [-0.39, 0.29) is 5.56 Å². The Balaban J connectivity index is 2.61. The zero-order valence-electron chi connectivity index (χ0n) is 8.01. The summed E-state index contributed by atoms with van der Waals surface area (Å²) in [6.45, 7) is 0.608. The summed E-state index contributed by atoms with van der Waals surface area (Å²) in [7, 11) is 0. The molecule has 2 aromatic rings. The normalized spacial score (nSPS) is 11.1. The van der Waals surface area contributed by atoms with E-state index < -0.39 is 0 Å². The van der Waals surface area contributed by atoms with Crippen molar-refractivity contribution >= 4 is 27.0 Å². The summed E-state index contributed by atoms with van der Waals surface area (Å²) in [4.78, 5) is 21.3. The van der Waals surface area contributed by atoms with Crippen LogP contribution in [0.15, 0.2) is 15.7 Å². The molecule has 0 bridgehead atoms. The van der Waals surface area contributed by atoms with Crippen molar-refractivity contribution < 1.29 is 0 Å². The monoisotopic (exact) mass is 270 g/mol. The molecule has 0 radical (unpaired) electrons. The molecule has 0 unspecified atom stereocenters. The van der Waals surface area contributed by atoms with Crippen LogP contribution in [0.1, 0.15) is 12.0 Å². The van der Waals surface area contributed by atoms with Crippen LogP contribution in [0.5, 0.6) is 0 Å². The predicted octanol–water partition coefficient (Wildman–Crippen LogP) is 0.905. The molecule has 80 valence electrons. The zero-order valence-corrected chi connectivity index (χ0v) is 9.60. The molecule has 0 aliphatic carbocycles. The van der Waals surface area contributed by atoms with Crippen LogP contribution in [0.3, 0.4) is 0 Å². The quantitative estimate of drug-likeness (QED) is 0.775. The van der Waals surface area contributed by atoms with E-state index in [1.54, 1.807) is 0 Å². The summed E-state index contributed by atoms with van der Waals surface area (Å²) in [5.41, 5.74) is 6.89. The van der Waals surface area contributed by atoms with Gasteiger partial charge in [0.15, 0.2) is 0 Å². The van der Waals surface area contributed by atoms with E-state index in [1.165, 1.54) is 6.33 Å². The van der Waals surface area contributed by atoms with E-state index in [0.29, 0.717) is 17.6 Å². The summed E-state index contributed by atoms with van der Waals surface area (Å²) in [6, 6.07) is 0. The number of nitrogens with zero attached hydrogens (tertiary/aromatic N) is 1. The lowest BCUT2D eigenvalue weighted by Crippen LogP contribution is -2.08. The number of fused-ring (bicyclic) bond motifs is 1. The number of nitrogens with two attached hydrogens (primary N) is 1. The SMILES string of the molecule is NCCCc1c(Br)[nH]c2nc[nH]c(=O)c12. The van der Waals surface area contributed by atoms with Crippen molar-refractivity contribution in [3.8, 4) is 0 Å². The lowest BCUT2D eigenvalue weighted by Gasteiger charge is -1.97. The molecule has 0 aliphatic heterocycles. The second kappa shape index (κ2) is 4.16. The number of hydrogen-bond donors (Lipinski definition) is 3. The van der Waals surface area contributed by atoms with E-state index in [4.69, 9.17) is 5.73 Å². The third-order valence-electron chi connectivity index (χ3n) is 2.28. The fourth-order valence-corrected chi connectivity index (χ4v) is 2.16. The first-order valence-electron chi connectivity index (χ1n) is 4.68. The van der Waals surface area contributed by atoms with Crippen LogP contribution >= 0.6 is 15.9 Å². The Morgan fingerprint density at radius 3 is 3.07 bits per heavy atom. The predicted molar refractivity (Wildman–Crippen MR) is 61.8 cm³/mol. The molecular formula is C9H11BrN4O. The van der Waals surface area contributed by atoms with Crippen molar-refractivity contribution in [2.75, 3.05) is 6.54 Å². The summed E-state index contributed by atoms with van der Waals surface area (Å²) >= 11 is 3.38. The highest BCUT2D eigenvalue weighted by Gasteiger charge is 2.12. The third-order valence-corrected chi connectivity index (χ3v) is 2.96. The molecule has 15 heavy (non-hydrogen) atoms. The minimum Gasteiger partial charge on any atom is -0.334 e. The van der Waals surface area contributed by atoms with E-state index in [0.717, 1.165) is 23.0 Å². The molecule has 0 spiro atoms. The lowest BCUT2D eigenvalue weighted by molar-refractivity contribution is 0.833. The zero-order chi connectivity index (χ0) is 10.8. The summed E-state index contributed by atoms with van der Waals surface area (Å²) in [5.74, 6) is 0. The van der Waals surface area contributed by atoms with Crippen molar-refractivity contribution in [2.45, 2.75) is 12.8 Å². The Hall–Kier alpha value is -1.14. The van der Waals surface area contributed by atoms with Gasteiger partial charge in [-0.1, -0.05) is 0 Å². The van der Waals surface area contributed by atoms with Crippen molar-refractivity contribution in [1.29, 1.82) is 0 Å². The van der Waals surface area contributed by atoms with Crippen molar-refractivity contribution in [3.05, 3.63) is 26.8 Å². The van der Waals surface area contributed by atoms with Crippen LogP contribution in [0.2, 0.25) is 0 Å². The Labute approximate surface area is 94.2 Å². The van der Waals surface area contributed by atoms with Crippen LogP contribution in [0.25, 0.3) is 11.0 Å². The Kier molecular flexibility index (Phi) is 2.88. The lowest BCUT2D eigenvalue weighted by atomic mass is 10.1. The molecule has 0 amide bonds. The number of H-pyrrole nitrogens is 2. The highest BCUT2D eigenvalue weighted by molar-refractivity contribution is 9.10. The third kappa shape index (κ3) is 1.82. The summed E-state index contributed by atoms with van der Waals surface area (Å²) in [5, 5.41) is 0.623. The maximum absolute atomic E-state index is 11.6. The van der Waals surface area contributed by atoms with Crippen LogP contribution in [0, 0.1) is 0 Å². The number of nitrogens with one attached hydrogen (secondary N) is 2. The topological polar surface area (TPSA) is 87.6 Å². The first-order chi connectivity index (χ1) is 7.24. The van der Waals surface area contributed by atoms with E-state index >= 15 is 0 Å². The minimum atomic E-state index is -0.117. The van der Waals surface area contributed by atoms with Gasteiger partial charge in [-0.2, -0.15) is 0 Å². The molecule has 4 N–H and O–H groups in total. The smallest absolute Gasteiger partial charge is 0.260 e. The molecule has 0 saturated heterocycles. The molecule has 0 aromatic carbocycles. The fraction of sp³-hybridized carbons (Fsp3) is 0.333. The van der Waals surface area contributed by atoms with Gasteiger partial charge >= 0.3 is 0 Å². The van der Waals surface area contributed by atoms with Crippen LogP contribution in [0.4, 0.5) is 0 Å². The molecule has 0 atom stereocenters. The van der Waals surface area contributed by atoms with Gasteiger partial charge in [0.2, 0.25) is 0 Å². The molecule has 2 aromatic heterocycles. The average molecular weight is 271 g/mol. The maximum atomic E-state index is 11.6. The van der Waals surface area contributed by atoms with E-state index in [2.05, 4.69) is 30.9 Å². The minimum absolute atomic E-state index is 0.117. The summed E-state index contributed by atoms with van der Waals surface area (Å²) < 4.78 is 0.815. The van der Waals surface area contributed by atoms with Gasteiger partial charge in [0.05, 0.1) is 16.3 Å². The summed E-state index contributed by atoms with van der Waals surface area (Å²) in [6.07, 6.45) is 3.01. The number of aryl methyl sites for hydroxylation is 1. The molecule has 0 saturated carbocycles. The first-order valence-corrected chi connectivity index (χ1v) is 5.47. The highest BCUT2D eigenvalue weighted by atomic mass is 79.9. The van der Waals surface area contributed by atoms with Gasteiger partial charge < -0.3 is 15.7 Å². The maximum Gasteiger partial charge on any atom is 0.260 e. The number of aromatic nitrogens is 3. The number of hydrogen-bond acceptors (Lipinski definition) is 3. The Bertz CT molecular complexity index is 530. The molecule has 2 rings (SSSR count). The van der Waals surface area contributed by atoms with Crippen molar-refractivity contribution in [1.82, 2.24) is 15.0 Å². The molecule has 5 nitrogen and oxygen atoms in total. The molecule has 0 aliphatic rings. The number of rotatable bonds is 3. The van der Waals surface area contributed by atoms with Gasteiger partial charge in [-0.05, 0) is 40.9 Å². The Morgan fingerprint density at radius 2 is 2.33 bits per heavy atom. The highest BCUT2D eigenvalue weighted by Crippen LogP contribution is 2.23. The number of aromatic amines is 2. The van der Waals surface area contributed by atoms with Crippen molar-refractivity contribution in [3.63, 3.8) is 0 Å². The van der Waals surface area contributed by atoms with Crippen LogP contribution in [-0.4, -0.2) is 21.5 Å². The number of halogens is 1. The molecule has 6 heteroatoms. The van der Waals surface area contributed by atoms with Crippen LogP contribution in [-0.2, 0) is 6.42 Å². The standard InChI is InChI=1S/C9H11BrN4O/c10-7-5(2-1-3-11)6-8(14-7)12-4-13-9(6)15/h4H,1-3,11H2,(H2,12,13,14,15).